The van der Waals surface area contributed by atoms with Gasteiger partial charge in [-0.15, -0.1) is 0 Å². The van der Waals surface area contributed by atoms with E-state index >= 15 is 0 Å². The van der Waals surface area contributed by atoms with Crippen molar-refractivity contribution in [1.82, 2.24) is 9.36 Å². The number of aromatic nitrogens is 2. The van der Waals surface area contributed by atoms with Crippen LogP contribution in [0.3, 0.4) is 0 Å². The summed E-state index contributed by atoms with van der Waals surface area (Å²) in [7, 11) is 1.60. The number of rotatable bonds is 4. The molecule has 1 N–H and O–H groups in total. The molecule has 1 aromatic rings. The highest BCUT2D eigenvalue weighted by Crippen LogP contribution is 2.28. The molecular formula is C11H17N3O3S. The molecule has 0 bridgehead atoms. The summed E-state index contributed by atoms with van der Waals surface area (Å²) in [6.07, 6.45) is 2.46. The standard InChI is InChI=1S/C11H17N3O3S/c1-7(17-2)9-12-11(18-13-9)14-6-4-3-5-8(14)10(15)16/h7-8H,3-6H2,1-2H3,(H,15,16). The summed E-state index contributed by atoms with van der Waals surface area (Å²) >= 11 is 1.24. The minimum Gasteiger partial charge on any atom is -0.480 e. The molecule has 1 fully saturated rings. The minimum absolute atomic E-state index is 0.164. The lowest BCUT2D eigenvalue weighted by Crippen LogP contribution is -2.44. The van der Waals surface area contributed by atoms with Crippen LogP contribution in [-0.4, -0.2) is 40.1 Å². The fourth-order valence-corrected chi connectivity index (χ4v) is 2.85. The fourth-order valence-electron chi connectivity index (χ4n) is 2.03. The monoisotopic (exact) mass is 271 g/mol. The molecule has 2 unspecified atom stereocenters. The number of hydrogen-bond acceptors (Lipinski definition) is 6. The molecule has 2 heterocycles. The van der Waals surface area contributed by atoms with Crippen molar-refractivity contribution in [2.75, 3.05) is 18.6 Å². The average Bonchev–Trinajstić information content (AvgIpc) is 2.87. The summed E-state index contributed by atoms with van der Waals surface area (Å²) in [4.78, 5) is 17.4. The molecule has 0 aromatic carbocycles. The Morgan fingerprint density at radius 2 is 2.39 bits per heavy atom. The summed E-state index contributed by atoms with van der Waals surface area (Å²) < 4.78 is 9.38. The van der Waals surface area contributed by atoms with Crippen LogP contribution >= 0.6 is 11.5 Å². The van der Waals surface area contributed by atoms with E-state index < -0.39 is 12.0 Å². The molecule has 100 valence electrons. The van der Waals surface area contributed by atoms with E-state index in [0.29, 0.717) is 17.4 Å². The second kappa shape index (κ2) is 5.62. The van der Waals surface area contributed by atoms with Gasteiger partial charge in [0.1, 0.15) is 12.1 Å². The number of anilines is 1. The lowest BCUT2D eigenvalue weighted by Gasteiger charge is -2.32. The van der Waals surface area contributed by atoms with Gasteiger partial charge >= 0.3 is 5.97 Å². The Bertz CT molecular complexity index is 423. The SMILES string of the molecule is COC(C)c1nsc(N2CCCCC2C(=O)O)n1. The molecular weight excluding hydrogens is 254 g/mol. The third-order valence-electron chi connectivity index (χ3n) is 3.18. The molecule has 1 aliphatic rings. The van der Waals surface area contributed by atoms with Crippen molar-refractivity contribution in [2.45, 2.75) is 38.3 Å². The van der Waals surface area contributed by atoms with Crippen LogP contribution in [-0.2, 0) is 9.53 Å². The fraction of sp³-hybridized carbons (Fsp3) is 0.727. The highest BCUT2D eigenvalue weighted by Gasteiger charge is 2.31. The number of carboxylic acid groups (broad SMARTS) is 1. The average molecular weight is 271 g/mol. The van der Waals surface area contributed by atoms with E-state index in [2.05, 4.69) is 9.36 Å². The lowest BCUT2D eigenvalue weighted by molar-refractivity contribution is -0.139. The van der Waals surface area contributed by atoms with Crippen LogP contribution < -0.4 is 4.90 Å². The van der Waals surface area contributed by atoms with Crippen LogP contribution in [0.25, 0.3) is 0 Å². The van der Waals surface area contributed by atoms with E-state index in [1.54, 1.807) is 7.11 Å². The molecule has 0 spiro atoms. The Hall–Kier alpha value is -1.21. The highest BCUT2D eigenvalue weighted by molar-refractivity contribution is 7.09. The molecule has 1 aliphatic heterocycles. The summed E-state index contributed by atoms with van der Waals surface area (Å²) in [6.45, 7) is 2.60. The Morgan fingerprint density at radius 3 is 3.06 bits per heavy atom. The Labute approximate surface area is 110 Å². The molecule has 2 atom stereocenters. The topological polar surface area (TPSA) is 75.5 Å². The maximum Gasteiger partial charge on any atom is 0.326 e. The predicted molar refractivity (Wildman–Crippen MR) is 68.0 cm³/mol. The molecule has 0 aliphatic carbocycles. The molecule has 2 rings (SSSR count). The molecule has 18 heavy (non-hydrogen) atoms. The zero-order valence-corrected chi connectivity index (χ0v) is 11.3. The first-order valence-corrected chi connectivity index (χ1v) is 6.76. The van der Waals surface area contributed by atoms with Crippen molar-refractivity contribution in [3.05, 3.63) is 5.82 Å². The van der Waals surface area contributed by atoms with Crippen LogP contribution in [0.15, 0.2) is 0 Å². The Balaban J connectivity index is 2.18. The van der Waals surface area contributed by atoms with Crippen molar-refractivity contribution >= 4 is 22.6 Å². The van der Waals surface area contributed by atoms with Gasteiger partial charge in [-0.25, -0.2) is 9.78 Å². The molecule has 1 saturated heterocycles. The number of carbonyl (C=O) groups is 1. The van der Waals surface area contributed by atoms with Gasteiger partial charge in [-0.05, 0) is 26.2 Å². The van der Waals surface area contributed by atoms with Crippen LogP contribution in [0.5, 0.6) is 0 Å². The van der Waals surface area contributed by atoms with Gasteiger partial charge in [-0.3, -0.25) is 0 Å². The van der Waals surface area contributed by atoms with Gasteiger partial charge in [0.05, 0.1) is 0 Å². The van der Waals surface area contributed by atoms with E-state index in [-0.39, 0.29) is 6.10 Å². The smallest absolute Gasteiger partial charge is 0.326 e. The maximum atomic E-state index is 11.2. The zero-order chi connectivity index (χ0) is 13.1. The molecule has 1 aromatic heterocycles. The normalized spacial score (nSPS) is 21.9. The van der Waals surface area contributed by atoms with Gasteiger partial charge in [-0.1, -0.05) is 0 Å². The Kier molecular flexibility index (Phi) is 4.13. The van der Waals surface area contributed by atoms with Crippen molar-refractivity contribution in [1.29, 1.82) is 0 Å². The first-order chi connectivity index (χ1) is 8.63. The number of carboxylic acids is 1. The van der Waals surface area contributed by atoms with Crippen LogP contribution in [0.1, 0.15) is 38.1 Å². The van der Waals surface area contributed by atoms with Gasteiger partial charge < -0.3 is 14.7 Å². The van der Waals surface area contributed by atoms with E-state index in [9.17, 15) is 9.90 Å². The minimum atomic E-state index is -0.786. The molecule has 6 nitrogen and oxygen atoms in total. The van der Waals surface area contributed by atoms with Gasteiger partial charge in [-0.2, -0.15) is 4.37 Å². The van der Waals surface area contributed by atoms with E-state index in [1.165, 1.54) is 11.5 Å². The van der Waals surface area contributed by atoms with Crippen LogP contribution in [0.4, 0.5) is 5.13 Å². The molecule has 7 heteroatoms. The molecule has 0 amide bonds. The van der Waals surface area contributed by atoms with E-state index in [0.717, 1.165) is 19.4 Å². The molecule has 0 saturated carbocycles. The highest BCUT2D eigenvalue weighted by atomic mass is 32.1. The third kappa shape index (κ3) is 2.62. The third-order valence-corrected chi connectivity index (χ3v) is 3.95. The van der Waals surface area contributed by atoms with Crippen LogP contribution in [0.2, 0.25) is 0 Å². The number of ether oxygens (including phenoxy) is 1. The zero-order valence-electron chi connectivity index (χ0n) is 10.5. The van der Waals surface area contributed by atoms with Gasteiger partial charge in [0.15, 0.2) is 5.82 Å². The van der Waals surface area contributed by atoms with Crippen LogP contribution in [0, 0.1) is 0 Å². The maximum absolute atomic E-state index is 11.2. The number of nitrogens with zero attached hydrogens (tertiary/aromatic N) is 3. The van der Waals surface area contributed by atoms with E-state index in [4.69, 9.17) is 4.74 Å². The lowest BCUT2D eigenvalue weighted by atomic mass is 10.0. The number of aliphatic carboxylic acids is 1. The second-order valence-corrected chi connectivity index (χ2v) is 5.09. The first-order valence-electron chi connectivity index (χ1n) is 5.99. The number of hydrogen-bond donors (Lipinski definition) is 1. The van der Waals surface area contributed by atoms with Crippen molar-refractivity contribution in [2.24, 2.45) is 0 Å². The van der Waals surface area contributed by atoms with Gasteiger partial charge in [0, 0.05) is 25.2 Å². The van der Waals surface area contributed by atoms with Gasteiger partial charge in [0.25, 0.3) is 0 Å². The van der Waals surface area contributed by atoms with Crippen molar-refractivity contribution in [3.63, 3.8) is 0 Å². The van der Waals surface area contributed by atoms with E-state index in [1.807, 2.05) is 11.8 Å². The quantitative estimate of drug-likeness (QED) is 0.898. The largest absolute Gasteiger partial charge is 0.480 e. The van der Waals surface area contributed by atoms with Crippen molar-refractivity contribution < 1.29 is 14.6 Å². The van der Waals surface area contributed by atoms with Crippen molar-refractivity contribution in [3.8, 4) is 0 Å². The summed E-state index contributed by atoms with van der Waals surface area (Å²) in [5.41, 5.74) is 0. The number of piperidine rings is 1. The van der Waals surface area contributed by atoms with Gasteiger partial charge in [0.2, 0.25) is 5.13 Å². The molecule has 0 radical (unpaired) electrons. The summed E-state index contributed by atoms with van der Waals surface area (Å²) in [5.74, 6) is -0.168. The second-order valence-electron chi connectivity index (χ2n) is 4.36. The predicted octanol–water partition coefficient (Wildman–Crippen LogP) is 1.69. The summed E-state index contributed by atoms with van der Waals surface area (Å²) in [5, 5.41) is 9.90. The number of methoxy groups -OCH3 is 1. The Morgan fingerprint density at radius 1 is 1.61 bits per heavy atom. The summed E-state index contributed by atoms with van der Waals surface area (Å²) in [6, 6.07) is -0.475. The first kappa shape index (κ1) is 13.2.